The van der Waals surface area contributed by atoms with E-state index in [-0.39, 0.29) is 5.91 Å². The Hall–Kier alpha value is -3.81. The van der Waals surface area contributed by atoms with E-state index in [1.807, 2.05) is 75.3 Å². The monoisotopic (exact) mass is 418 g/mol. The van der Waals surface area contributed by atoms with Crippen molar-refractivity contribution in [3.8, 4) is 5.75 Å². The van der Waals surface area contributed by atoms with E-state index < -0.39 is 6.04 Å². The van der Waals surface area contributed by atoms with Gasteiger partial charge < -0.3 is 20.3 Å². The molecule has 8 nitrogen and oxygen atoms in total. The van der Waals surface area contributed by atoms with E-state index in [1.165, 1.54) is 6.33 Å². The molecule has 1 aliphatic rings. The Morgan fingerprint density at radius 1 is 1.16 bits per heavy atom. The largest absolute Gasteiger partial charge is 0.495 e. The third-order valence-electron chi connectivity index (χ3n) is 5.37. The molecule has 1 aliphatic heterocycles. The first-order valence-electron chi connectivity index (χ1n) is 9.99. The zero-order chi connectivity index (χ0) is 22.1. The van der Waals surface area contributed by atoms with Gasteiger partial charge in [0.05, 0.1) is 18.4 Å². The van der Waals surface area contributed by atoms with E-state index in [0.29, 0.717) is 23.0 Å². The van der Waals surface area contributed by atoms with Crippen LogP contribution < -0.4 is 20.3 Å². The van der Waals surface area contributed by atoms with E-state index in [2.05, 4.69) is 20.7 Å². The number of anilines is 3. The summed E-state index contributed by atoms with van der Waals surface area (Å²) in [6, 6.07) is 13.4. The van der Waals surface area contributed by atoms with Crippen molar-refractivity contribution in [1.29, 1.82) is 0 Å². The molecule has 1 atom stereocenters. The summed E-state index contributed by atoms with van der Waals surface area (Å²) in [5, 5.41) is 10.6. The molecular formula is C23H26N6O2. The maximum absolute atomic E-state index is 13.5. The highest BCUT2D eigenvalue weighted by atomic mass is 16.5. The van der Waals surface area contributed by atoms with Gasteiger partial charge in [0.15, 0.2) is 0 Å². The Morgan fingerprint density at radius 3 is 2.58 bits per heavy atom. The maximum atomic E-state index is 13.5. The number of allylic oxidation sites excluding steroid dienone is 1. The first kappa shape index (κ1) is 20.5. The first-order valence-corrected chi connectivity index (χ1v) is 9.99. The fourth-order valence-electron chi connectivity index (χ4n) is 3.76. The Labute approximate surface area is 181 Å². The van der Waals surface area contributed by atoms with Crippen LogP contribution in [0, 0.1) is 6.92 Å². The van der Waals surface area contributed by atoms with E-state index >= 15 is 0 Å². The third-order valence-corrected chi connectivity index (χ3v) is 5.37. The van der Waals surface area contributed by atoms with Crippen LogP contribution in [0.15, 0.2) is 60.1 Å². The van der Waals surface area contributed by atoms with Gasteiger partial charge in [-0.2, -0.15) is 10.1 Å². The summed E-state index contributed by atoms with van der Waals surface area (Å²) < 4.78 is 7.16. The van der Waals surface area contributed by atoms with Gasteiger partial charge in [0.2, 0.25) is 5.95 Å². The highest BCUT2D eigenvalue weighted by Crippen LogP contribution is 2.36. The molecule has 2 N–H and O–H groups in total. The van der Waals surface area contributed by atoms with E-state index in [9.17, 15) is 4.79 Å². The number of carbonyl (C=O) groups excluding carboxylic acids is 1. The predicted molar refractivity (Wildman–Crippen MR) is 122 cm³/mol. The van der Waals surface area contributed by atoms with Gasteiger partial charge >= 0.3 is 0 Å². The van der Waals surface area contributed by atoms with E-state index in [0.717, 1.165) is 22.5 Å². The number of rotatable bonds is 5. The van der Waals surface area contributed by atoms with Crippen molar-refractivity contribution >= 4 is 23.2 Å². The molecule has 0 fully saturated rings. The number of amides is 1. The lowest BCUT2D eigenvalue weighted by molar-refractivity contribution is -0.113. The zero-order valence-electron chi connectivity index (χ0n) is 18.3. The van der Waals surface area contributed by atoms with E-state index in [4.69, 9.17) is 4.74 Å². The van der Waals surface area contributed by atoms with Crippen LogP contribution in [0.25, 0.3) is 0 Å². The van der Waals surface area contributed by atoms with Gasteiger partial charge in [0, 0.05) is 25.5 Å². The minimum atomic E-state index is -0.411. The van der Waals surface area contributed by atoms with Crippen molar-refractivity contribution in [1.82, 2.24) is 14.8 Å². The van der Waals surface area contributed by atoms with Gasteiger partial charge in [0.1, 0.15) is 18.1 Å². The van der Waals surface area contributed by atoms with Crippen LogP contribution in [-0.2, 0) is 4.79 Å². The zero-order valence-corrected chi connectivity index (χ0v) is 18.3. The Balaban J connectivity index is 1.75. The Morgan fingerprint density at radius 2 is 1.90 bits per heavy atom. The van der Waals surface area contributed by atoms with E-state index in [1.54, 1.807) is 11.8 Å². The second-order valence-electron chi connectivity index (χ2n) is 7.74. The summed E-state index contributed by atoms with van der Waals surface area (Å²) in [6.45, 7) is 3.85. The number of aromatic nitrogens is 3. The lowest BCUT2D eigenvalue weighted by Crippen LogP contribution is -2.31. The molecule has 1 amide bonds. The second kappa shape index (κ2) is 8.14. The fraction of sp³-hybridized carbons (Fsp3) is 0.261. The molecule has 0 saturated carbocycles. The summed E-state index contributed by atoms with van der Waals surface area (Å²) in [5.74, 6) is 0.981. The number of carbonyl (C=O) groups is 1. The molecule has 0 unspecified atom stereocenters. The highest BCUT2D eigenvalue weighted by molar-refractivity contribution is 6.06. The topological polar surface area (TPSA) is 84.3 Å². The number of nitrogens with one attached hydrogen (secondary N) is 2. The van der Waals surface area contributed by atoms with Crippen molar-refractivity contribution in [3.63, 3.8) is 0 Å². The van der Waals surface area contributed by atoms with Crippen LogP contribution in [-0.4, -0.2) is 41.9 Å². The standard InChI is InChI=1S/C23H26N6O2/c1-14-6-11-19(31-5)18(12-14)27-22(30)20-15(2)26-23-24-13-25-29(23)21(20)16-7-9-17(10-8-16)28(3)4/h6-13,21H,1-5H3,(H,27,30)(H,24,25,26)/t21-/m1/s1. The summed E-state index contributed by atoms with van der Waals surface area (Å²) in [5.41, 5.74) is 4.97. The quantitative estimate of drug-likeness (QED) is 0.659. The molecule has 2 aromatic carbocycles. The normalized spacial score (nSPS) is 15.2. The van der Waals surface area contributed by atoms with Gasteiger partial charge in [-0.25, -0.2) is 4.68 Å². The van der Waals surface area contributed by atoms with Crippen molar-refractivity contribution in [2.24, 2.45) is 0 Å². The van der Waals surface area contributed by atoms with Crippen molar-refractivity contribution in [2.75, 3.05) is 36.7 Å². The Bertz CT molecular complexity index is 1150. The van der Waals surface area contributed by atoms with Crippen LogP contribution in [0.1, 0.15) is 24.1 Å². The Kier molecular flexibility index (Phi) is 5.37. The molecule has 2 heterocycles. The number of fused-ring (bicyclic) bond motifs is 1. The second-order valence-corrected chi connectivity index (χ2v) is 7.74. The highest BCUT2D eigenvalue weighted by Gasteiger charge is 2.33. The molecule has 3 aromatic rings. The number of benzene rings is 2. The molecule has 31 heavy (non-hydrogen) atoms. The minimum absolute atomic E-state index is 0.225. The third kappa shape index (κ3) is 3.84. The number of hydrogen-bond donors (Lipinski definition) is 2. The van der Waals surface area contributed by atoms with Gasteiger partial charge in [-0.1, -0.05) is 18.2 Å². The molecule has 0 saturated heterocycles. The van der Waals surface area contributed by atoms with Crippen LogP contribution in [0.5, 0.6) is 5.75 Å². The smallest absolute Gasteiger partial charge is 0.255 e. The molecule has 160 valence electrons. The summed E-state index contributed by atoms with van der Waals surface area (Å²) in [6.07, 6.45) is 1.49. The molecule has 1 aromatic heterocycles. The van der Waals surface area contributed by atoms with Gasteiger partial charge in [-0.3, -0.25) is 4.79 Å². The number of hydrogen-bond acceptors (Lipinski definition) is 6. The summed E-state index contributed by atoms with van der Waals surface area (Å²) in [7, 11) is 5.57. The first-order chi connectivity index (χ1) is 14.9. The number of methoxy groups -OCH3 is 1. The average Bonchev–Trinajstić information content (AvgIpc) is 3.21. The van der Waals surface area contributed by atoms with Gasteiger partial charge in [-0.15, -0.1) is 0 Å². The van der Waals surface area contributed by atoms with Crippen molar-refractivity contribution in [3.05, 3.63) is 71.2 Å². The van der Waals surface area contributed by atoms with Crippen LogP contribution in [0.4, 0.5) is 17.3 Å². The molecule has 0 radical (unpaired) electrons. The van der Waals surface area contributed by atoms with Crippen molar-refractivity contribution in [2.45, 2.75) is 19.9 Å². The maximum Gasteiger partial charge on any atom is 0.255 e. The van der Waals surface area contributed by atoms with Crippen LogP contribution >= 0.6 is 0 Å². The number of nitrogens with zero attached hydrogens (tertiary/aromatic N) is 4. The number of aryl methyl sites for hydroxylation is 1. The lowest BCUT2D eigenvalue weighted by atomic mass is 9.94. The predicted octanol–water partition coefficient (Wildman–Crippen LogP) is 3.59. The molecule has 0 bridgehead atoms. The molecule has 0 aliphatic carbocycles. The average molecular weight is 419 g/mol. The van der Waals surface area contributed by atoms with Crippen LogP contribution in [0.2, 0.25) is 0 Å². The summed E-state index contributed by atoms with van der Waals surface area (Å²) in [4.78, 5) is 19.8. The van der Waals surface area contributed by atoms with Crippen molar-refractivity contribution < 1.29 is 9.53 Å². The lowest BCUT2D eigenvalue weighted by Gasteiger charge is -2.29. The molecule has 8 heteroatoms. The SMILES string of the molecule is COc1ccc(C)cc1NC(=O)C1=C(C)Nc2ncnn2[C@@H]1c1ccc(N(C)C)cc1. The van der Waals surface area contributed by atoms with Gasteiger partial charge in [0.25, 0.3) is 5.91 Å². The molecule has 4 rings (SSSR count). The summed E-state index contributed by atoms with van der Waals surface area (Å²) >= 11 is 0. The molecule has 0 spiro atoms. The minimum Gasteiger partial charge on any atom is -0.495 e. The van der Waals surface area contributed by atoms with Crippen LogP contribution in [0.3, 0.4) is 0 Å². The number of ether oxygens (including phenoxy) is 1. The van der Waals surface area contributed by atoms with Gasteiger partial charge in [-0.05, 0) is 49.2 Å². The molecular weight excluding hydrogens is 392 g/mol. The fourth-order valence-corrected chi connectivity index (χ4v) is 3.76.